The van der Waals surface area contributed by atoms with Crippen molar-refractivity contribution in [2.24, 2.45) is 5.92 Å². The number of halogens is 1. The van der Waals surface area contributed by atoms with Crippen molar-refractivity contribution in [2.75, 3.05) is 6.61 Å². The number of carbonyl (C=O) groups excluding carboxylic acids is 1. The van der Waals surface area contributed by atoms with Gasteiger partial charge in [-0.15, -0.1) is 11.3 Å². The number of imidazole rings is 1. The monoisotopic (exact) mass is 509 g/mol. The van der Waals surface area contributed by atoms with Crippen LogP contribution in [0.3, 0.4) is 0 Å². The number of sulfonamides is 1. The Morgan fingerprint density at radius 3 is 2.76 bits per heavy atom. The van der Waals surface area contributed by atoms with Crippen LogP contribution in [0.1, 0.15) is 44.1 Å². The summed E-state index contributed by atoms with van der Waals surface area (Å²) in [6.07, 6.45) is 4.69. The van der Waals surface area contributed by atoms with Gasteiger partial charge in [0.25, 0.3) is 10.0 Å². The Kier molecular flexibility index (Phi) is 8.56. The minimum absolute atomic E-state index is 0.100. The van der Waals surface area contributed by atoms with Crippen molar-refractivity contribution >= 4 is 39.1 Å². The molecule has 1 aromatic carbocycles. The number of benzene rings is 1. The normalized spacial score (nSPS) is 11.7. The van der Waals surface area contributed by atoms with Gasteiger partial charge in [0.15, 0.2) is 0 Å². The molecule has 0 fully saturated rings. The van der Waals surface area contributed by atoms with Crippen LogP contribution in [0.2, 0.25) is 5.28 Å². The molecule has 1 N–H and O–H groups in total. The van der Waals surface area contributed by atoms with Crippen LogP contribution in [-0.4, -0.2) is 30.7 Å². The Bertz CT molecular complexity index is 1200. The minimum atomic E-state index is -4.10. The van der Waals surface area contributed by atoms with Crippen molar-refractivity contribution in [3.63, 3.8) is 0 Å². The second-order valence-electron chi connectivity index (χ2n) is 8.13. The smallest absolute Gasteiger partial charge is 0.421 e. The fourth-order valence-corrected chi connectivity index (χ4v) is 6.30. The van der Waals surface area contributed by atoms with E-state index in [-0.39, 0.29) is 10.8 Å². The van der Waals surface area contributed by atoms with E-state index in [1.54, 1.807) is 17.0 Å². The number of unbranched alkanes of at least 4 members (excludes halogenated alkanes) is 1. The molecule has 0 aliphatic rings. The lowest BCUT2D eigenvalue weighted by molar-refractivity contribution is 0.151. The summed E-state index contributed by atoms with van der Waals surface area (Å²) in [6, 6.07) is 9.50. The summed E-state index contributed by atoms with van der Waals surface area (Å²) in [5, 5.41) is 0.379. The first-order chi connectivity index (χ1) is 15.7. The van der Waals surface area contributed by atoms with E-state index in [1.807, 2.05) is 37.3 Å². The topological polar surface area (TPSA) is 90.3 Å². The van der Waals surface area contributed by atoms with E-state index in [0.717, 1.165) is 28.8 Å². The number of ether oxygens (including phenoxy) is 1. The third kappa shape index (κ3) is 6.82. The summed E-state index contributed by atoms with van der Waals surface area (Å²) >= 11 is 7.28. The molecular weight excluding hydrogens is 482 g/mol. The summed E-state index contributed by atoms with van der Waals surface area (Å²) < 4.78 is 35.2. The van der Waals surface area contributed by atoms with Gasteiger partial charge in [0.2, 0.25) is 5.28 Å². The third-order valence-electron chi connectivity index (χ3n) is 4.81. The van der Waals surface area contributed by atoms with Crippen LogP contribution in [0.4, 0.5) is 4.79 Å². The van der Waals surface area contributed by atoms with Crippen molar-refractivity contribution < 1.29 is 17.9 Å². The molecule has 1 amide bonds. The molecule has 0 radical (unpaired) electrons. The maximum atomic E-state index is 13.1. The lowest BCUT2D eigenvalue weighted by atomic mass is 10.0. The molecule has 178 valence electrons. The molecule has 3 aromatic rings. The molecule has 2 heterocycles. The number of nitrogens with zero attached hydrogens (tertiary/aromatic N) is 2. The standard InChI is InChI=1S/C23H28ClN3O4S2/c1-4-5-11-31-23(28)26-33(29,30)21-20(14-19(32-21)12-16(2)3)18-8-6-7-17(13-18)15-27-10-9-25-22(27)24/h6-10,13-14,16H,4-5,11-12,15H2,1-3H3,(H,26,28). The van der Waals surface area contributed by atoms with Gasteiger partial charge in [0.05, 0.1) is 6.61 Å². The van der Waals surface area contributed by atoms with Crippen molar-refractivity contribution in [1.82, 2.24) is 14.3 Å². The molecule has 0 saturated carbocycles. The van der Waals surface area contributed by atoms with Crippen LogP contribution < -0.4 is 4.72 Å². The molecular formula is C23H28ClN3O4S2. The predicted octanol–water partition coefficient (Wildman–Crippen LogP) is 5.73. The van der Waals surface area contributed by atoms with Crippen molar-refractivity contribution in [3.8, 4) is 11.1 Å². The largest absolute Gasteiger partial charge is 0.449 e. The lowest BCUT2D eigenvalue weighted by Gasteiger charge is -2.10. The number of amides is 1. The van der Waals surface area contributed by atoms with Gasteiger partial charge < -0.3 is 9.30 Å². The summed E-state index contributed by atoms with van der Waals surface area (Å²) in [4.78, 5) is 17.0. The van der Waals surface area contributed by atoms with Gasteiger partial charge in [-0.25, -0.2) is 22.9 Å². The Hall–Kier alpha value is -2.36. The summed E-state index contributed by atoms with van der Waals surface area (Å²) in [6.45, 7) is 6.78. The maximum absolute atomic E-state index is 13.1. The van der Waals surface area contributed by atoms with E-state index in [0.29, 0.717) is 29.7 Å². The molecule has 2 aromatic heterocycles. The van der Waals surface area contributed by atoms with Crippen LogP contribution in [0, 0.1) is 5.92 Å². The number of aromatic nitrogens is 2. The van der Waals surface area contributed by atoms with E-state index in [2.05, 4.69) is 23.6 Å². The van der Waals surface area contributed by atoms with E-state index in [4.69, 9.17) is 16.3 Å². The zero-order valence-electron chi connectivity index (χ0n) is 18.9. The van der Waals surface area contributed by atoms with Crippen LogP contribution >= 0.6 is 22.9 Å². The van der Waals surface area contributed by atoms with Crippen LogP contribution in [0.15, 0.2) is 46.9 Å². The lowest BCUT2D eigenvalue weighted by Crippen LogP contribution is -2.31. The Labute approximate surface area is 203 Å². The van der Waals surface area contributed by atoms with Crippen LogP contribution in [-0.2, 0) is 27.7 Å². The highest BCUT2D eigenvalue weighted by Crippen LogP contribution is 2.36. The predicted molar refractivity (Wildman–Crippen MR) is 131 cm³/mol. The Balaban J connectivity index is 1.94. The first-order valence-electron chi connectivity index (χ1n) is 10.8. The van der Waals surface area contributed by atoms with Crippen LogP contribution in [0.25, 0.3) is 11.1 Å². The third-order valence-corrected chi connectivity index (χ3v) is 8.13. The van der Waals surface area contributed by atoms with Crippen molar-refractivity contribution in [1.29, 1.82) is 0 Å². The van der Waals surface area contributed by atoms with Gasteiger partial charge >= 0.3 is 6.09 Å². The second kappa shape index (κ2) is 11.2. The molecule has 10 heteroatoms. The number of thiophene rings is 1. The fourth-order valence-electron chi connectivity index (χ4n) is 3.28. The van der Waals surface area contributed by atoms with Crippen LogP contribution in [0.5, 0.6) is 0 Å². The molecule has 0 aliphatic heterocycles. The summed E-state index contributed by atoms with van der Waals surface area (Å²) in [7, 11) is -4.10. The molecule has 0 aliphatic carbocycles. The number of hydrogen-bond donors (Lipinski definition) is 1. The highest BCUT2D eigenvalue weighted by molar-refractivity contribution is 7.92. The zero-order chi connectivity index (χ0) is 24.0. The van der Waals surface area contributed by atoms with Gasteiger partial charge in [-0.3, -0.25) is 0 Å². The number of nitrogens with one attached hydrogen (secondary N) is 1. The van der Waals surface area contributed by atoms with E-state index in [9.17, 15) is 13.2 Å². The maximum Gasteiger partial charge on any atom is 0.421 e. The number of rotatable bonds is 10. The second-order valence-corrected chi connectivity index (χ2v) is 11.5. The number of hydrogen-bond acceptors (Lipinski definition) is 6. The minimum Gasteiger partial charge on any atom is -0.449 e. The average molecular weight is 510 g/mol. The highest BCUT2D eigenvalue weighted by atomic mass is 35.5. The van der Waals surface area contributed by atoms with Gasteiger partial charge in [0, 0.05) is 29.4 Å². The fraction of sp³-hybridized carbons (Fsp3) is 0.391. The molecule has 0 bridgehead atoms. The van der Waals surface area contributed by atoms with Gasteiger partial charge in [-0.1, -0.05) is 45.4 Å². The molecule has 0 saturated heterocycles. The summed E-state index contributed by atoms with van der Waals surface area (Å²) in [5.41, 5.74) is 2.25. The van der Waals surface area contributed by atoms with E-state index in [1.165, 1.54) is 11.3 Å². The molecule has 0 spiro atoms. The molecule has 33 heavy (non-hydrogen) atoms. The summed E-state index contributed by atoms with van der Waals surface area (Å²) in [5.74, 6) is 0.355. The molecule has 0 unspecified atom stereocenters. The highest BCUT2D eigenvalue weighted by Gasteiger charge is 2.26. The average Bonchev–Trinajstić information content (AvgIpc) is 3.34. The first kappa shape index (κ1) is 25.3. The van der Waals surface area contributed by atoms with Gasteiger partial charge in [-0.2, -0.15) is 0 Å². The molecule has 0 atom stereocenters. The van der Waals surface area contributed by atoms with Crippen molar-refractivity contribution in [2.45, 2.75) is 50.8 Å². The Morgan fingerprint density at radius 2 is 2.09 bits per heavy atom. The molecule has 7 nitrogen and oxygen atoms in total. The van der Waals surface area contributed by atoms with Gasteiger partial charge in [-0.05, 0) is 53.6 Å². The zero-order valence-corrected chi connectivity index (χ0v) is 21.3. The van der Waals surface area contributed by atoms with E-state index < -0.39 is 16.1 Å². The number of carbonyl (C=O) groups is 1. The van der Waals surface area contributed by atoms with E-state index >= 15 is 0 Å². The quantitative estimate of drug-likeness (QED) is 0.352. The Morgan fingerprint density at radius 1 is 1.30 bits per heavy atom. The van der Waals surface area contributed by atoms with Gasteiger partial charge in [0.1, 0.15) is 4.21 Å². The molecule has 3 rings (SSSR count). The SMILES string of the molecule is CCCCOC(=O)NS(=O)(=O)c1sc(CC(C)C)cc1-c1cccc(Cn2ccnc2Cl)c1. The van der Waals surface area contributed by atoms with Crippen molar-refractivity contribution in [3.05, 3.63) is 58.4 Å². The first-order valence-corrected chi connectivity index (χ1v) is 13.5.